The van der Waals surface area contributed by atoms with Gasteiger partial charge in [-0.15, -0.1) is 0 Å². The van der Waals surface area contributed by atoms with Crippen molar-refractivity contribution in [3.63, 3.8) is 0 Å². The summed E-state index contributed by atoms with van der Waals surface area (Å²) in [6.45, 7) is 1.84. The average molecular weight is 250 g/mol. The highest BCUT2D eigenvalue weighted by Gasteiger charge is 2.22. The molecule has 98 valence electrons. The molecule has 0 spiro atoms. The van der Waals surface area contributed by atoms with E-state index in [0.29, 0.717) is 5.69 Å². The molecule has 0 aromatic heterocycles. The summed E-state index contributed by atoms with van der Waals surface area (Å²) >= 11 is 0. The first kappa shape index (κ1) is 12.8. The summed E-state index contributed by atoms with van der Waals surface area (Å²) in [6, 6.07) is 5.43. The Kier molecular flexibility index (Phi) is 3.81. The first-order chi connectivity index (χ1) is 8.56. The van der Waals surface area contributed by atoms with Crippen LogP contribution in [0, 0.1) is 17.0 Å². The molecule has 1 aliphatic rings. The molecule has 1 aromatic carbocycles. The van der Waals surface area contributed by atoms with E-state index < -0.39 is 0 Å². The minimum absolute atomic E-state index is 0.126. The van der Waals surface area contributed by atoms with Crippen LogP contribution < -0.4 is 5.32 Å². The molecule has 18 heavy (non-hydrogen) atoms. The molecule has 2 N–H and O–H groups in total. The van der Waals surface area contributed by atoms with Gasteiger partial charge in [0.2, 0.25) is 0 Å². The molecule has 0 amide bonds. The van der Waals surface area contributed by atoms with Crippen LogP contribution >= 0.6 is 0 Å². The lowest BCUT2D eigenvalue weighted by Gasteiger charge is -2.26. The summed E-state index contributed by atoms with van der Waals surface area (Å²) in [5.74, 6) is 0. The normalized spacial score (nSPS) is 23.7. The maximum Gasteiger partial charge on any atom is 0.292 e. The van der Waals surface area contributed by atoms with E-state index in [-0.39, 0.29) is 22.8 Å². The van der Waals surface area contributed by atoms with Gasteiger partial charge in [-0.2, -0.15) is 0 Å². The van der Waals surface area contributed by atoms with Crippen LogP contribution in [0.15, 0.2) is 18.2 Å². The number of hydrogen-bond donors (Lipinski definition) is 2. The summed E-state index contributed by atoms with van der Waals surface area (Å²) in [5.41, 5.74) is 1.58. The molecule has 1 aliphatic carbocycles. The second-order valence-electron chi connectivity index (χ2n) is 4.93. The zero-order valence-electron chi connectivity index (χ0n) is 10.4. The Bertz CT molecular complexity index is 440. The Morgan fingerprint density at radius 2 is 2.00 bits per heavy atom. The van der Waals surface area contributed by atoms with E-state index in [2.05, 4.69) is 5.32 Å². The van der Waals surface area contributed by atoms with Crippen molar-refractivity contribution in [2.75, 3.05) is 5.32 Å². The number of aliphatic hydroxyl groups is 1. The Hall–Kier alpha value is -1.62. The van der Waals surface area contributed by atoms with E-state index in [1.54, 1.807) is 12.1 Å². The van der Waals surface area contributed by atoms with E-state index in [1.165, 1.54) is 0 Å². The number of aryl methyl sites for hydroxylation is 1. The van der Waals surface area contributed by atoms with E-state index in [4.69, 9.17) is 0 Å². The Morgan fingerprint density at radius 3 is 2.61 bits per heavy atom. The lowest BCUT2D eigenvalue weighted by atomic mass is 9.93. The van der Waals surface area contributed by atoms with Crippen molar-refractivity contribution in [3.05, 3.63) is 33.9 Å². The lowest BCUT2D eigenvalue weighted by molar-refractivity contribution is -0.384. The summed E-state index contributed by atoms with van der Waals surface area (Å²) < 4.78 is 0. The van der Waals surface area contributed by atoms with Gasteiger partial charge >= 0.3 is 0 Å². The van der Waals surface area contributed by atoms with Crippen molar-refractivity contribution in [2.24, 2.45) is 0 Å². The van der Waals surface area contributed by atoms with Gasteiger partial charge in [0.15, 0.2) is 0 Å². The Labute approximate surface area is 106 Å². The SMILES string of the molecule is Cc1ccc(N[C@H]2CC[C@H](O)CC2)c([N+](=O)[O-])c1. The van der Waals surface area contributed by atoms with Crippen molar-refractivity contribution < 1.29 is 10.0 Å². The molecule has 0 aliphatic heterocycles. The molecule has 0 unspecified atom stereocenters. The number of aliphatic hydroxyl groups excluding tert-OH is 1. The van der Waals surface area contributed by atoms with Crippen molar-refractivity contribution in [3.8, 4) is 0 Å². The molecular weight excluding hydrogens is 232 g/mol. The molecule has 0 heterocycles. The average Bonchev–Trinajstić information content (AvgIpc) is 2.34. The van der Waals surface area contributed by atoms with Crippen LogP contribution in [-0.2, 0) is 0 Å². The Balaban J connectivity index is 2.11. The zero-order chi connectivity index (χ0) is 13.1. The molecule has 0 radical (unpaired) electrons. The maximum atomic E-state index is 11.0. The van der Waals surface area contributed by atoms with Crippen LogP contribution in [0.25, 0.3) is 0 Å². The third-order valence-electron chi connectivity index (χ3n) is 3.41. The van der Waals surface area contributed by atoms with Gasteiger partial charge in [-0.3, -0.25) is 10.1 Å². The van der Waals surface area contributed by atoms with Gasteiger partial charge in [-0.05, 0) is 44.2 Å². The topological polar surface area (TPSA) is 75.4 Å². The maximum absolute atomic E-state index is 11.0. The van der Waals surface area contributed by atoms with Gasteiger partial charge in [0.05, 0.1) is 11.0 Å². The molecule has 0 saturated heterocycles. The zero-order valence-corrected chi connectivity index (χ0v) is 10.4. The quantitative estimate of drug-likeness (QED) is 0.638. The van der Waals surface area contributed by atoms with Gasteiger partial charge < -0.3 is 10.4 Å². The van der Waals surface area contributed by atoms with Crippen LogP contribution in [0.1, 0.15) is 31.2 Å². The fraction of sp³-hybridized carbons (Fsp3) is 0.538. The fourth-order valence-corrected chi connectivity index (χ4v) is 2.35. The molecular formula is C13H18N2O3. The van der Waals surface area contributed by atoms with Crippen LogP contribution in [0.2, 0.25) is 0 Å². The molecule has 5 heteroatoms. The van der Waals surface area contributed by atoms with Crippen LogP contribution in [0.3, 0.4) is 0 Å². The number of anilines is 1. The summed E-state index contributed by atoms with van der Waals surface area (Å²) in [7, 11) is 0. The summed E-state index contributed by atoms with van der Waals surface area (Å²) in [6.07, 6.45) is 3.02. The van der Waals surface area contributed by atoms with E-state index in [0.717, 1.165) is 31.2 Å². The van der Waals surface area contributed by atoms with Gasteiger partial charge in [0, 0.05) is 12.1 Å². The second-order valence-corrected chi connectivity index (χ2v) is 4.93. The van der Waals surface area contributed by atoms with Crippen molar-refractivity contribution in [1.82, 2.24) is 0 Å². The third kappa shape index (κ3) is 2.98. The van der Waals surface area contributed by atoms with E-state index in [1.807, 2.05) is 13.0 Å². The highest BCUT2D eigenvalue weighted by atomic mass is 16.6. The molecule has 1 aromatic rings. The number of nitro benzene ring substituents is 1. The fourth-order valence-electron chi connectivity index (χ4n) is 2.35. The van der Waals surface area contributed by atoms with Crippen LogP contribution in [-0.4, -0.2) is 22.2 Å². The highest BCUT2D eigenvalue weighted by molar-refractivity contribution is 5.63. The summed E-state index contributed by atoms with van der Waals surface area (Å²) in [4.78, 5) is 10.6. The molecule has 0 atom stereocenters. The molecule has 0 bridgehead atoms. The van der Waals surface area contributed by atoms with Gasteiger partial charge in [-0.1, -0.05) is 6.07 Å². The molecule has 1 fully saturated rings. The minimum Gasteiger partial charge on any atom is -0.393 e. The lowest BCUT2D eigenvalue weighted by Crippen LogP contribution is -2.28. The number of benzene rings is 1. The number of nitro groups is 1. The minimum atomic E-state index is -0.354. The number of nitrogens with one attached hydrogen (secondary N) is 1. The largest absolute Gasteiger partial charge is 0.393 e. The highest BCUT2D eigenvalue weighted by Crippen LogP contribution is 2.29. The van der Waals surface area contributed by atoms with Crippen molar-refractivity contribution >= 4 is 11.4 Å². The third-order valence-corrected chi connectivity index (χ3v) is 3.41. The van der Waals surface area contributed by atoms with Gasteiger partial charge in [-0.25, -0.2) is 0 Å². The number of rotatable bonds is 3. The predicted molar refractivity (Wildman–Crippen MR) is 69.7 cm³/mol. The van der Waals surface area contributed by atoms with Gasteiger partial charge in [0.25, 0.3) is 5.69 Å². The standard InChI is InChI=1S/C13H18N2O3/c1-9-2-7-12(13(8-9)15(17)18)14-10-3-5-11(16)6-4-10/h2,7-8,10-11,14,16H,3-6H2,1H3/t10-,11-. The predicted octanol–water partition coefficient (Wildman–Crippen LogP) is 2.62. The first-order valence-electron chi connectivity index (χ1n) is 6.26. The van der Waals surface area contributed by atoms with E-state index >= 15 is 0 Å². The van der Waals surface area contributed by atoms with Crippen molar-refractivity contribution in [2.45, 2.75) is 44.8 Å². The van der Waals surface area contributed by atoms with Crippen molar-refractivity contribution in [1.29, 1.82) is 0 Å². The van der Waals surface area contributed by atoms with E-state index in [9.17, 15) is 15.2 Å². The molecule has 1 saturated carbocycles. The monoisotopic (exact) mass is 250 g/mol. The Morgan fingerprint density at radius 1 is 1.33 bits per heavy atom. The smallest absolute Gasteiger partial charge is 0.292 e. The van der Waals surface area contributed by atoms with Crippen LogP contribution in [0.4, 0.5) is 11.4 Å². The number of nitrogens with zero attached hydrogens (tertiary/aromatic N) is 1. The molecule has 5 nitrogen and oxygen atoms in total. The summed E-state index contributed by atoms with van der Waals surface area (Å²) in [5, 5.41) is 23.7. The first-order valence-corrected chi connectivity index (χ1v) is 6.26. The molecule has 2 rings (SSSR count). The number of hydrogen-bond acceptors (Lipinski definition) is 4. The van der Waals surface area contributed by atoms with Crippen LogP contribution in [0.5, 0.6) is 0 Å². The second kappa shape index (κ2) is 5.35. The van der Waals surface area contributed by atoms with Gasteiger partial charge in [0.1, 0.15) is 5.69 Å².